The second-order valence-corrected chi connectivity index (χ2v) is 5.53. The first-order chi connectivity index (χ1) is 10.6. The summed E-state index contributed by atoms with van der Waals surface area (Å²) >= 11 is 0. The Morgan fingerprint density at radius 1 is 1.41 bits per heavy atom. The molecule has 0 radical (unpaired) electrons. The third kappa shape index (κ3) is 3.17. The van der Waals surface area contributed by atoms with E-state index < -0.39 is 5.91 Å². The van der Waals surface area contributed by atoms with Crippen LogP contribution in [0.25, 0.3) is 0 Å². The molecule has 1 aliphatic heterocycles. The molecular weight excluding hydrogens is 285 g/mol. The molecule has 0 aliphatic carbocycles. The van der Waals surface area contributed by atoms with Gasteiger partial charge in [-0.15, -0.1) is 0 Å². The molecule has 1 amide bonds. The summed E-state index contributed by atoms with van der Waals surface area (Å²) in [5, 5.41) is 6.46. The van der Waals surface area contributed by atoms with E-state index in [2.05, 4.69) is 15.4 Å². The largest absolute Gasteiger partial charge is 0.359 e. The van der Waals surface area contributed by atoms with Crippen LogP contribution >= 0.6 is 0 Å². The van der Waals surface area contributed by atoms with Crippen molar-refractivity contribution < 1.29 is 13.7 Å². The highest BCUT2D eigenvalue weighted by Gasteiger charge is 2.18. The Bertz CT molecular complexity index is 678. The molecule has 2 heterocycles. The van der Waals surface area contributed by atoms with E-state index in [9.17, 15) is 9.18 Å². The van der Waals surface area contributed by atoms with Gasteiger partial charge < -0.3 is 9.84 Å². The van der Waals surface area contributed by atoms with Crippen LogP contribution in [0, 0.1) is 12.7 Å². The topological polar surface area (TPSA) is 58.4 Å². The zero-order valence-electron chi connectivity index (χ0n) is 12.4. The van der Waals surface area contributed by atoms with Crippen molar-refractivity contribution in [3.63, 3.8) is 0 Å². The van der Waals surface area contributed by atoms with Crippen LogP contribution in [0.3, 0.4) is 0 Å². The van der Waals surface area contributed by atoms with Gasteiger partial charge in [-0.25, -0.2) is 4.39 Å². The molecule has 1 aromatic heterocycles. The molecule has 5 nitrogen and oxygen atoms in total. The molecule has 1 aromatic carbocycles. The number of amides is 1. The second kappa shape index (κ2) is 6.27. The van der Waals surface area contributed by atoms with Crippen LogP contribution in [0.5, 0.6) is 0 Å². The van der Waals surface area contributed by atoms with Crippen molar-refractivity contribution in [3.05, 3.63) is 47.1 Å². The molecule has 116 valence electrons. The van der Waals surface area contributed by atoms with Gasteiger partial charge in [0.1, 0.15) is 5.82 Å². The lowest BCUT2D eigenvalue weighted by molar-refractivity contribution is 0.101. The summed E-state index contributed by atoms with van der Waals surface area (Å²) in [6, 6.07) is 6.21. The molecule has 22 heavy (non-hydrogen) atoms. The predicted octanol–water partition coefficient (Wildman–Crippen LogP) is 2.97. The fraction of sp³-hybridized carbons (Fsp3) is 0.375. The molecule has 0 saturated carbocycles. The van der Waals surface area contributed by atoms with E-state index in [0.29, 0.717) is 23.6 Å². The highest BCUT2D eigenvalue weighted by molar-refractivity contribution is 6.03. The van der Waals surface area contributed by atoms with Crippen molar-refractivity contribution in [1.29, 1.82) is 0 Å². The summed E-state index contributed by atoms with van der Waals surface area (Å²) < 4.78 is 18.7. The first-order valence-corrected chi connectivity index (χ1v) is 7.38. The number of hydrogen-bond acceptors (Lipinski definition) is 4. The van der Waals surface area contributed by atoms with Crippen LogP contribution < -0.4 is 5.32 Å². The normalized spacial score (nSPS) is 15.2. The number of nitrogens with one attached hydrogen (secondary N) is 1. The minimum atomic E-state index is -0.398. The lowest BCUT2D eigenvalue weighted by atomic mass is 10.2. The molecule has 1 fully saturated rings. The summed E-state index contributed by atoms with van der Waals surface area (Å²) in [6.45, 7) is 4.38. The maximum absolute atomic E-state index is 13.5. The number of likely N-dealkylation sites (tertiary alicyclic amines) is 1. The zero-order chi connectivity index (χ0) is 15.5. The van der Waals surface area contributed by atoms with Gasteiger partial charge in [0.25, 0.3) is 5.91 Å². The van der Waals surface area contributed by atoms with Crippen LogP contribution in [0.15, 0.2) is 28.8 Å². The van der Waals surface area contributed by atoms with E-state index in [4.69, 9.17) is 4.52 Å². The van der Waals surface area contributed by atoms with Gasteiger partial charge in [0.15, 0.2) is 11.5 Å². The van der Waals surface area contributed by atoms with Crippen molar-refractivity contribution in [2.24, 2.45) is 0 Å². The van der Waals surface area contributed by atoms with E-state index in [1.807, 2.05) is 0 Å². The highest BCUT2D eigenvalue weighted by Crippen LogP contribution is 2.19. The fourth-order valence-electron chi connectivity index (χ4n) is 2.58. The van der Waals surface area contributed by atoms with Crippen LogP contribution in [0.1, 0.15) is 34.7 Å². The van der Waals surface area contributed by atoms with Gasteiger partial charge in [-0.2, -0.15) is 0 Å². The maximum Gasteiger partial charge on any atom is 0.277 e. The summed E-state index contributed by atoms with van der Waals surface area (Å²) in [6.07, 6.45) is 2.39. The molecule has 1 aliphatic rings. The molecule has 0 spiro atoms. The van der Waals surface area contributed by atoms with E-state index >= 15 is 0 Å². The predicted molar refractivity (Wildman–Crippen MR) is 80.1 cm³/mol. The molecule has 6 heteroatoms. The Balaban J connectivity index is 1.67. The van der Waals surface area contributed by atoms with Gasteiger partial charge >= 0.3 is 0 Å². The minimum Gasteiger partial charge on any atom is -0.359 e. The van der Waals surface area contributed by atoms with Crippen molar-refractivity contribution in [2.75, 3.05) is 18.4 Å². The number of benzene rings is 1. The van der Waals surface area contributed by atoms with Gasteiger partial charge in [-0.1, -0.05) is 11.2 Å². The van der Waals surface area contributed by atoms with E-state index in [-0.39, 0.29) is 11.5 Å². The average Bonchev–Trinajstić information content (AvgIpc) is 3.16. The SMILES string of the molecule is Cc1c(F)cccc1NC(=O)c1cc(CN2CCCC2)on1. The maximum atomic E-state index is 13.5. The molecule has 0 atom stereocenters. The Kier molecular flexibility index (Phi) is 4.20. The van der Waals surface area contributed by atoms with E-state index in [0.717, 1.165) is 13.1 Å². The van der Waals surface area contributed by atoms with Gasteiger partial charge in [0, 0.05) is 17.3 Å². The van der Waals surface area contributed by atoms with Crippen LogP contribution in [0.4, 0.5) is 10.1 Å². The number of halogens is 1. The minimum absolute atomic E-state index is 0.206. The summed E-state index contributed by atoms with van der Waals surface area (Å²) in [7, 11) is 0. The third-order valence-electron chi connectivity index (χ3n) is 3.89. The van der Waals surface area contributed by atoms with Crippen LogP contribution in [-0.4, -0.2) is 29.1 Å². The smallest absolute Gasteiger partial charge is 0.277 e. The molecule has 0 unspecified atom stereocenters. The molecule has 1 N–H and O–H groups in total. The quantitative estimate of drug-likeness (QED) is 0.943. The molecule has 0 bridgehead atoms. The Hall–Kier alpha value is -2.21. The number of carbonyl (C=O) groups excluding carboxylic acids is 1. The van der Waals surface area contributed by atoms with Gasteiger partial charge in [-0.3, -0.25) is 9.69 Å². The summed E-state index contributed by atoms with van der Waals surface area (Å²) in [5.41, 5.74) is 1.04. The standard InChI is InChI=1S/C16H18FN3O2/c1-11-13(17)5-4-6-14(11)18-16(21)15-9-12(22-19-15)10-20-7-2-3-8-20/h4-6,9H,2-3,7-8,10H2,1H3,(H,18,21). The zero-order valence-corrected chi connectivity index (χ0v) is 12.4. The fourth-order valence-corrected chi connectivity index (χ4v) is 2.58. The number of hydrogen-bond donors (Lipinski definition) is 1. The number of carbonyl (C=O) groups is 1. The first kappa shape index (κ1) is 14.7. The van der Waals surface area contributed by atoms with E-state index in [1.165, 1.54) is 18.9 Å². The van der Waals surface area contributed by atoms with E-state index in [1.54, 1.807) is 25.1 Å². The van der Waals surface area contributed by atoms with Crippen molar-refractivity contribution >= 4 is 11.6 Å². The molecule has 1 saturated heterocycles. The Morgan fingerprint density at radius 3 is 2.95 bits per heavy atom. The lowest BCUT2D eigenvalue weighted by Gasteiger charge is -2.10. The number of rotatable bonds is 4. The third-order valence-corrected chi connectivity index (χ3v) is 3.89. The van der Waals surface area contributed by atoms with Crippen molar-refractivity contribution in [2.45, 2.75) is 26.3 Å². The lowest BCUT2D eigenvalue weighted by Crippen LogP contribution is -2.18. The number of nitrogens with zero attached hydrogens (tertiary/aromatic N) is 2. The van der Waals surface area contributed by atoms with Crippen molar-refractivity contribution in [1.82, 2.24) is 10.1 Å². The highest BCUT2D eigenvalue weighted by atomic mass is 19.1. The van der Waals surface area contributed by atoms with Crippen LogP contribution in [0.2, 0.25) is 0 Å². The Labute approximate surface area is 128 Å². The summed E-state index contributed by atoms with van der Waals surface area (Å²) in [5.74, 6) is -0.0826. The number of anilines is 1. The Morgan fingerprint density at radius 2 is 2.18 bits per heavy atom. The van der Waals surface area contributed by atoms with Gasteiger partial charge in [0.05, 0.1) is 6.54 Å². The molecular formula is C16H18FN3O2. The van der Waals surface area contributed by atoms with Crippen LogP contribution in [-0.2, 0) is 6.54 Å². The average molecular weight is 303 g/mol. The number of aromatic nitrogens is 1. The molecule has 3 rings (SSSR count). The summed E-state index contributed by atoms with van der Waals surface area (Å²) in [4.78, 5) is 14.4. The monoisotopic (exact) mass is 303 g/mol. The first-order valence-electron chi connectivity index (χ1n) is 7.38. The second-order valence-electron chi connectivity index (χ2n) is 5.53. The van der Waals surface area contributed by atoms with Gasteiger partial charge in [-0.05, 0) is 45.0 Å². The molecule has 2 aromatic rings. The van der Waals surface area contributed by atoms with Gasteiger partial charge in [0.2, 0.25) is 0 Å². The van der Waals surface area contributed by atoms with Crippen molar-refractivity contribution in [3.8, 4) is 0 Å².